The zero-order valence-electron chi connectivity index (χ0n) is 18.6. The highest BCUT2D eigenvalue weighted by Gasteiger charge is 2.36. The van der Waals surface area contributed by atoms with Crippen molar-refractivity contribution in [3.63, 3.8) is 0 Å². The summed E-state index contributed by atoms with van der Waals surface area (Å²) in [5.74, 6) is -0.622. The zero-order valence-corrected chi connectivity index (χ0v) is 19.4. The minimum atomic E-state index is -4.61. The van der Waals surface area contributed by atoms with Crippen LogP contribution in [0.15, 0.2) is 54.6 Å². The molecule has 7 nitrogen and oxygen atoms in total. The number of benzene rings is 2. The molecule has 0 atom stereocenters. The Bertz CT molecular complexity index is 1220. The van der Waals surface area contributed by atoms with Crippen molar-refractivity contribution in [1.82, 2.24) is 15.1 Å². The average Bonchev–Trinajstić information content (AvgIpc) is 2.85. The molecule has 2 heterocycles. The molecular weight excluding hydrogens is 483 g/mol. The van der Waals surface area contributed by atoms with E-state index in [-0.39, 0.29) is 24.3 Å². The SMILES string of the molecule is Cc1cccc(Cl)c1NC(=O)c1ccc(N2CCN(C(=O)c3ccccc3C(F)(F)F)CC2)nn1. The van der Waals surface area contributed by atoms with Crippen molar-refractivity contribution in [2.75, 3.05) is 36.4 Å². The van der Waals surface area contributed by atoms with Gasteiger partial charge in [-0.1, -0.05) is 35.9 Å². The van der Waals surface area contributed by atoms with Crippen molar-refractivity contribution in [2.24, 2.45) is 0 Å². The van der Waals surface area contributed by atoms with Gasteiger partial charge in [-0.2, -0.15) is 13.2 Å². The third-order valence-corrected chi connectivity index (χ3v) is 6.01. The van der Waals surface area contributed by atoms with Crippen LogP contribution in [-0.2, 0) is 6.18 Å². The second-order valence-electron chi connectivity index (χ2n) is 7.99. The first kappa shape index (κ1) is 24.5. The Hall–Kier alpha value is -3.66. The van der Waals surface area contributed by atoms with E-state index in [0.717, 1.165) is 11.6 Å². The summed E-state index contributed by atoms with van der Waals surface area (Å²) in [6.45, 7) is 2.99. The van der Waals surface area contributed by atoms with E-state index in [9.17, 15) is 22.8 Å². The van der Waals surface area contributed by atoms with Crippen LogP contribution in [0, 0.1) is 6.92 Å². The summed E-state index contributed by atoms with van der Waals surface area (Å²) in [5, 5.41) is 11.3. The molecule has 1 saturated heterocycles. The van der Waals surface area contributed by atoms with Gasteiger partial charge in [0.1, 0.15) is 0 Å². The molecule has 3 aromatic rings. The van der Waals surface area contributed by atoms with E-state index in [4.69, 9.17) is 11.6 Å². The Morgan fingerprint density at radius 3 is 2.29 bits per heavy atom. The number of anilines is 2. The quantitative estimate of drug-likeness (QED) is 0.559. The lowest BCUT2D eigenvalue weighted by atomic mass is 10.1. The summed E-state index contributed by atoms with van der Waals surface area (Å²) in [6, 6.07) is 13.2. The van der Waals surface area contributed by atoms with Crippen LogP contribution in [0.2, 0.25) is 5.02 Å². The second kappa shape index (κ2) is 9.91. The molecule has 1 aliphatic rings. The highest BCUT2D eigenvalue weighted by Crippen LogP contribution is 2.32. The highest BCUT2D eigenvalue weighted by atomic mass is 35.5. The third kappa shape index (κ3) is 5.37. The number of hydrogen-bond donors (Lipinski definition) is 1. The van der Waals surface area contributed by atoms with Gasteiger partial charge in [-0.05, 0) is 42.8 Å². The molecule has 4 rings (SSSR count). The maximum atomic E-state index is 13.3. The number of aryl methyl sites for hydroxylation is 1. The largest absolute Gasteiger partial charge is 0.417 e. The lowest BCUT2D eigenvalue weighted by Crippen LogP contribution is -2.49. The fraction of sp³-hybridized carbons (Fsp3) is 0.250. The average molecular weight is 504 g/mol. The lowest BCUT2D eigenvalue weighted by Gasteiger charge is -2.35. The Kier molecular flexibility index (Phi) is 6.93. The van der Waals surface area contributed by atoms with Crippen LogP contribution >= 0.6 is 11.6 Å². The fourth-order valence-electron chi connectivity index (χ4n) is 3.81. The van der Waals surface area contributed by atoms with Crippen LogP contribution < -0.4 is 10.2 Å². The first-order valence-electron chi connectivity index (χ1n) is 10.8. The number of alkyl halides is 3. The van der Waals surface area contributed by atoms with Gasteiger partial charge in [-0.15, -0.1) is 10.2 Å². The van der Waals surface area contributed by atoms with Gasteiger partial charge in [0, 0.05) is 26.2 Å². The molecule has 2 aromatic carbocycles. The number of piperazine rings is 1. The molecule has 1 aliphatic heterocycles. The maximum Gasteiger partial charge on any atom is 0.417 e. The van der Waals surface area contributed by atoms with Crippen molar-refractivity contribution in [2.45, 2.75) is 13.1 Å². The maximum absolute atomic E-state index is 13.3. The summed E-state index contributed by atoms with van der Waals surface area (Å²) >= 11 is 6.15. The number of halogens is 4. The fourth-order valence-corrected chi connectivity index (χ4v) is 4.08. The molecule has 182 valence electrons. The van der Waals surface area contributed by atoms with Crippen molar-refractivity contribution >= 4 is 34.9 Å². The van der Waals surface area contributed by atoms with Gasteiger partial charge in [0.25, 0.3) is 11.8 Å². The van der Waals surface area contributed by atoms with Crippen molar-refractivity contribution in [3.05, 3.63) is 82.0 Å². The van der Waals surface area contributed by atoms with E-state index in [2.05, 4.69) is 15.5 Å². The lowest BCUT2D eigenvalue weighted by molar-refractivity contribution is -0.138. The number of hydrogen-bond acceptors (Lipinski definition) is 5. The van der Waals surface area contributed by atoms with Crippen LogP contribution in [0.1, 0.15) is 32.0 Å². The second-order valence-corrected chi connectivity index (χ2v) is 8.39. The minimum absolute atomic E-state index is 0.102. The van der Waals surface area contributed by atoms with E-state index in [1.165, 1.54) is 29.2 Å². The number of carbonyl (C=O) groups is 2. The van der Waals surface area contributed by atoms with Gasteiger partial charge in [0.15, 0.2) is 11.5 Å². The van der Waals surface area contributed by atoms with Crippen LogP contribution in [-0.4, -0.2) is 53.1 Å². The molecule has 0 saturated carbocycles. The summed E-state index contributed by atoms with van der Waals surface area (Å²) in [4.78, 5) is 28.5. The van der Waals surface area contributed by atoms with Crippen molar-refractivity contribution < 1.29 is 22.8 Å². The van der Waals surface area contributed by atoms with Crippen molar-refractivity contribution in [1.29, 1.82) is 0 Å². The summed E-state index contributed by atoms with van der Waals surface area (Å²) in [5.41, 5.74) is 0.0979. The first-order valence-corrected chi connectivity index (χ1v) is 11.1. The molecular formula is C24H21ClF3N5O2. The molecule has 0 radical (unpaired) electrons. The number of nitrogens with one attached hydrogen (secondary N) is 1. The van der Waals surface area contributed by atoms with Crippen LogP contribution in [0.5, 0.6) is 0 Å². The van der Waals surface area contributed by atoms with Crippen LogP contribution in [0.3, 0.4) is 0 Å². The number of aromatic nitrogens is 2. The topological polar surface area (TPSA) is 78.4 Å². The summed E-state index contributed by atoms with van der Waals surface area (Å²) in [6.07, 6.45) is -4.61. The van der Waals surface area contributed by atoms with Crippen molar-refractivity contribution in [3.8, 4) is 0 Å². The molecule has 1 N–H and O–H groups in total. The number of amides is 2. The first-order chi connectivity index (χ1) is 16.6. The predicted molar refractivity (Wildman–Crippen MR) is 126 cm³/mol. The Morgan fingerprint density at radius 2 is 1.66 bits per heavy atom. The molecule has 2 amide bonds. The number of carbonyl (C=O) groups excluding carboxylic acids is 2. The Labute approximate surface area is 204 Å². The predicted octanol–water partition coefficient (Wildman–Crippen LogP) is 4.67. The monoisotopic (exact) mass is 503 g/mol. The normalized spacial score (nSPS) is 14.1. The van der Waals surface area contributed by atoms with Gasteiger partial charge < -0.3 is 15.1 Å². The zero-order chi connectivity index (χ0) is 25.2. The number of rotatable bonds is 4. The standard InChI is InChI=1S/C24H21ClF3N5O2/c1-15-5-4-8-18(25)21(15)29-22(34)19-9-10-20(31-30-19)32-11-13-33(14-12-32)23(35)16-6-2-3-7-17(16)24(26,27)28/h2-10H,11-14H2,1H3,(H,29,34). The Morgan fingerprint density at radius 1 is 0.943 bits per heavy atom. The molecule has 1 fully saturated rings. The summed E-state index contributed by atoms with van der Waals surface area (Å²) in [7, 11) is 0. The number of para-hydroxylation sites is 1. The molecule has 35 heavy (non-hydrogen) atoms. The van der Waals surface area contributed by atoms with E-state index >= 15 is 0 Å². The Balaban J connectivity index is 1.39. The molecule has 0 unspecified atom stereocenters. The van der Waals surface area contributed by atoms with Gasteiger partial charge in [-0.25, -0.2) is 0 Å². The third-order valence-electron chi connectivity index (χ3n) is 5.70. The van der Waals surface area contributed by atoms with E-state index < -0.39 is 23.6 Å². The smallest absolute Gasteiger partial charge is 0.352 e. The molecule has 0 aliphatic carbocycles. The molecule has 11 heteroatoms. The van der Waals surface area contributed by atoms with Gasteiger partial charge in [0.2, 0.25) is 0 Å². The highest BCUT2D eigenvalue weighted by molar-refractivity contribution is 6.34. The molecule has 1 aromatic heterocycles. The molecule has 0 bridgehead atoms. The minimum Gasteiger partial charge on any atom is -0.352 e. The summed E-state index contributed by atoms with van der Waals surface area (Å²) < 4.78 is 39.8. The number of nitrogens with zero attached hydrogens (tertiary/aromatic N) is 4. The van der Waals surface area contributed by atoms with E-state index in [1.807, 2.05) is 17.9 Å². The van der Waals surface area contributed by atoms with Gasteiger partial charge in [-0.3, -0.25) is 9.59 Å². The van der Waals surface area contributed by atoms with E-state index in [0.29, 0.717) is 29.6 Å². The van der Waals surface area contributed by atoms with Gasteiger partial charge >= 0.3 is 6.18 Å². The van der Waals surface area contributed by atoms with Crippen LogP contribution in [0.25, 0.3) is 0 Å². The van der Waals surface area contributed by atoms with E-state index in [1.54, 1.807) is 18.2 Å². The van der Waals surface area contributed by atoms with Crippen LogP contribution in [0.4, 0.5) is 24.7 Å². The molecule has 0 spiro atoms. The van der Waals surface area contributed by atoms with Gasteiger partial charge in [0.05, 0.1) is 21.8 Å².